The Bertz CT molecular complexity index is 874. The normalized spacial score (nSPS) is 13.1. The van der Waals surface area contributed by atoms with Gasteiger partial charge < -0.3 is 25.0 Å². The molecule has 2 atom stereocenters. The van der Waals surface area contributed by atoms with Gasteiger partial charge in [-0.25, -0.2) is 4.79 Å². The van der Waals surface area contributed by atoms with Crippen molar-refractivity contribution < 1.29 is 28.7 Å². The quantitative estimate of drug-likeness (QED) is 0.484. The van der Waals surface area contributed by atoms with E-state index in [9.17, 15) is 19.2 Å². The standard InChI is InChI=1S/C26H41N3O6/c1-16(2)14-20(28-25(33)35-26(6,7)8)24(32)29(17(3)4)22(19-12-10-18(5)11-13-19)23(31)27-15-21(30)34-9/h10-13,16-17,20,22H,14-15H2,1-9H3,(H,27,31)(H,28,33). The van der Waals surface area contributed by atoms with Crippen LogP contribution in [0.15, 0.2) is 24.3 Å². The first kappa shape index (κ1) is 29.9. The maximum atomic E-state index is 13.9. The number of benzene rings is 1. The third-order valence-electron chi connectivity index (χ3n) is 5.06. The molecule has 0 saturated carbocycles. The van der Waals surface area contributed by atoms with Crippen LogP contribution in [0.5, 0.6) is 0 Å². The summed E-state index contributed by atoms with van der Waals surface area (Å²) in [5.41, 5.74) is 0.848. The first-order valence-electron chi connectivity index (χ1n) is 11.9. The molecular formula is C26H41N3O6. The molecule has 1 aromatic rings. The first-order valence-corrected chi connectivity index (χ1v) is 11.9. The highest BCUT2D eigenvalue weighted by Gasteiger charge is 2.38. The number of carbonyl (C=O) groups excluding carboxylic acids is 4. The van der Waals surface area contributed by atoms with Crippen molar-refractivity contribution in [2.75, 3.05) is 13.7 Å². The lowest BCUT2D eigenvalue weighted by Gasteiger charge is -2.37. The highest BCUT2D eigenvalue weighted by Crippen LogP contribution is 2.26. The van der Waals surface area contributed by atoms with Crippen molar-refractivity contribution in [2.24, 2.45) is 5.92 Å². The Hall–Kier alpha value is -3.10. The number of hydrogen-bond donors (Lipinski definition) is 2. The lowest BCUT2D eigenvalue weighted by molar-refractivity contribution is -0.146. The van der Waals surface area contributed by atoms with Crippen molar-refractivity contribution >= 4 is 23.9 Å². The number of methoxy groups -OCH3 is 1. The van der Waals surface area contributed by atoms with Crippen molar-refractivity contribution in [3.8, 4) is 0 Å². The number of aryl methyl sites for hydroxylation is 1. The molecule has 0 aliphatic rings. The third kappa shape index (κ3) is 9.96. The van der Waals surface area contributed by atoms with Gasteiger partial charge in [0, 0.05) is 6.04 Å². The number of rotatable bonds is 10. The Labute approximate surface area is 208 Å². The molecule has 196 valence electrons. The highest BCUT2D eigenvalue weighted by atomic mass is 16.6. The summed E-state index contributed by atoms with van der Waals surface area (Å²) in [6, 6.07) is 4.93. The van der Waals surface area contributed by atoms with E-state index in [1.54, 1.807) is 46.8 Å². The summed E-state index contributed by atoms with van der Waals surface area (Å²) in [7, 11) is 1.23. The summed E-state index contributed by atoms with van der Waals surface area (Å²) in [6.45, 7) is 14.3. The summed E-state index contributed by atoms with van der Waals surface area (Å²) < 4.78 is 10.00. The molecule has 2 N–H and O–H groups in total. The van der Waals surface area contributed by atoms with Crippen LogP contribution in [0.3, 0.4) is 0 Å². The number of carbonyl (C=O) groups is 4. The minimum atomic E-state index is -1.03. The van der Waals surface area contributed by atoms with Crippen LogP contribution in [0.1, 0.15) is 72.1 Å². The predicted octanol–water partition coefficient (Wildman–Crippen LogP) is 3.50. The second-order valence-corrected chi connectivity index (χ2v) is 10.3. The molecule has 9 nitrogen and oxygen atoms in total. The SMILES string of the molecule is COC(=O)CNC(=O)C(c1ccc(C)cc1)N(C(=O)C(CC(C)C)NC(=O)OC(C)(C)C)C(C)C. The van der Waals surface area contributed by atoms with Gasteiger partial charge in [-0.15, -0.1) is 0 Å². The van der Waals surface area contributed by atoms with Crippen molar-refractivity contribution in [3.63, 3.8) is 0 Å². The number of esters is 1. The predicted molar refractivity (Wildman–Crippen MR) is 134 cm³/mol. The Balaban J connectivity index is 3.42. The van der Waals surface area contributed by atoms with E-state index in [1.165, 1.54) is 12.0 Å². The zero-order chi connectivity index (χ0) is 26.9. The summed E-state index contributed by atoms with van der Waals surface area (Å²) in [5.74, 6) is -1.47. The molecule has 9 heteroatoms. The average Bonchev–Trinajstić information content (AvgIpc) is 2.73. The molecule has 1 rings (SSSR count). The fraction of sp³-hybridized carbons (Fsp3) is 0.615. The third-order valence-corrected chi connectivity index (χ3v) is 5.06. The molecule has 0 saturated heterocycles. The highest BCUT2D eigenvalue weighted by molar-refractivity contribution is 5.93. The second-order valence-electron chi connectivity index (χ2n) is 10.3. The van der Waals surface area contributed by atoms with Crippen LogP contribution in [0.25, 0.3) is 0 Å². The van der Waals surface area contributed by atoms with Gasteiger partial charge in [-0.05, 0) is 59.4 Å². The zero-order valence-corrected chi connectivity index (χ0v) is 22.4. The molecule has 0 aromatic heterocycles. The fourth-order valence-electron chi connectivity index (χ4n) is 3.52. The van der Waals surface area contributed by atoms with Crippen LogP contribution in [0.4, 0.5) is 4.79 Å². The minimum absolute atomic E-state index is 0.0823. The Morgan fingerprint density at radius 1 is 1.00 bits per heavy atom. The van der Waals surface area contributed by atoms with E-state index >= 15 is 0 Å². The molecule has 3 amide bonds. The van der Waals surface area contributed by atoms with Gasteiger partial charge in [0.2, 0.25) is 11.8 Å². The first-order chi connectivity index (χ1) is 16.2. The molecule has 0 fully saturated rings. The van der Waals surface area contributed by atoms with Crippen molar-refractivity contribution in [1.29, 1.82) is 0 Å². The van der Waals surface area contributed by atoms with Crippen LogP contribution in [0, 0.1) is 12.8 Å². The molecule has 0 heterocycles. The molecule has 0 aliphatic heterocycles. The number of hydrogen-bond acceptors (Lipinski definition) is 6. The Kier molecular flexibility index (Phi) is 11.2. The number of nitrogens with one attached hydrogen (secondary N) is 2. The topological polar surface area (TPSA) is 114 Å². The monoisotopic (exact) mass is 491 g/mol. The average molecular weight is 492 g/mol. The van der Waals surface area contributed by atoms with Crippen LogP contribution >= 0.6 is 0 Å². The molecule has 0 spiro atoms. The number of nitrogens with zero attached hydrogens (tertiary/aromatic N) is 1. The van der Waals surface area contributed by atoms with Gasteiger partial charge in [0.25, 0.3) is 0 Å². The summed E-state index contributed by atoms with van der Waals surface area (Å²) in [5, 5.41) is 5.26. The van der Waals surface area contributed by atoms with E-state index in [0.717, 1.165) is 5.56 Å². The lowest BCUT2D eigenvalue weighted by Crippen LogP contribution is -2.55. The molecule has 0 radical (unpaired) electrons. The Morgan fingerprint density at radius 2 is 1.57 bits per heavy atom. The molecule has 35 heavy (non-hydrogen) atoms. The van der Waals surface area contributed by atoms with Crippen molar-refractivity contribution in [3.05, 3.63) is 35.4 Å². The van der Waals surface area contributed by atoms with Gasteiger partial charge in [-0.1, -0.05) is 43.7 Å². The largest absolute Gasteiger partial charge is 0.468 e. The van der Waals surface area contributed by atoms with E-state index < -0.39 is 47.6 Å². The van der Waals surface area contributed by atoms with Gasteiger partial charge in [0.05, 0.1) is 7.11 Å². The smallest absolute Gasteiger partial charge is 0.408 e. The molecule has 0 bridgehead atoms. The van der Waals surface area contributed by atoms with E-state index in [1.807, 2.05) is 32.9 Å². The van der Waals surface area contributed by atoms with E-state index in [2.05, 4.69) is 15.4 Å². The minimum Gasteiger partial charge on any atom is -0.468 e. The molecule has 2 unspecified atom stereocenters. The van der Waals surface area contributed by atoms with E-state index in [0.29, 0.717) is 12.0 Å². The van der Waals surface area contributed by atoms with Crippen LogP contribution < -0.4 is 10.6 Å². The van der Waals surface area contributed by atoms with Gasteiger partial charge in [-0.2, -0.15) is 0 Å². The van der Waals surface area contributed by atoms with Crippen LogP contribution in [-0.2, 0) is 23.9 Å². The van der Waals surface area contributed by atoms with Crippen molar-refractivity contribution in [2.45, 2.75) is 85.5 Å². The van der Waals surface area contributed by atoms with Crippen molar-refractivity contribution in [1.82, 2.24) is 15.5 Å². The van der Waals surface area contributed by atoms with Gasteiger partial charge in [-0.3, -0.25) is 14.4 Å². The Morgan fingerprint density at radius 3 is 2.03 bits per heavy atom. The number of amides is 3. The lowest BCUT2D eigenvalue weighted by atomic mass is 9.97. The second kappa shape index (κ2) is 13.1. The molecular weight excluding hydrogens is 450 g/mol. The summed E-state index contributed by atoms with van der Waals surface area (Å²) >= 11 is 0. The zero-order valence-electron chi connectivity index (χ0n) is 22.4. The fourth-order valence-corrected chi connectivity index (χ4v) is 3.52. The molecule has 0 aliphatic carbocycles. The molecule has 1 aromatic carbocycles. The van der Waals surface area contributed by atoms with Crippen LogP contribution in [0.2, 0.25) is 0 Å². The summed E-state index contributed by atoms with van der Waals surface area (Å²) in [4.78, 5) is 52.8. The summed E-state index contributed by atoms with van der Waals surface area (Å²) in [6.07, 6.45) is -0.353. The van der Waals surface area contributed by atoms with E-state index in [-0.39, 0.29) is 12.5 Å². The van der Waals surface area contributed by atoms with Gasteiger partial charge in [0.15, 0.2) is 0 Å². The van der Waals surface area contributed by atoms with Gasteiger partial charge in [0.1, 0.15) is 24.2 Å². The number of ether oxygens (including phenoxy) is 2. The van der Waals surface area contributed by atoms with Gasteiger partial charge >= 0.3 is 12.1 Å². The van der Waals surface area contributed by atoms with Crippen LogP contribution in [-0.4, -0.2) is 60.1 Å². The van der Waals surface area contributed by atoms with E-state index in [4.69, 9.17) is 4.74 Å². The maximum absolute atomic E-state index is 13.9. The number of alkyl carbamates (subject to hydrolysis) is 1. The maximum Gasteiger partial charge on any atom is 0.408 e.